The lowest BCUT2D eigenvalue weighted by molar-refractivity contribution is 0.688. The van der Waals surface area contributed by atoms with Gasteiger partial charge in [0.05, 0.1) is 11.3 Å². The highest BCUT2D eigenvalue weighted by molar-refractivity contribution is 7.98. The van der Waals surface area contributed by atoms with Crippen molar-refractivity contribution in [3.63, 3.8) is 0 Å². The number of rotatable bonds is 8. The molecule has 0 aliphatic rings. The summed E-state index contributed by atoms with van der Waals surface area (Å²) in [6.07, 6.45) is 8.59. The summed E-state index contributed by atoms with van der Waals surface area (Å²) in [6.45, 7) is 0.877. The highest BCUT2D eigenvalue weighted by Gasteiger charge is 2.01. The predicted octanol–water partition coefficient (Wildman–Crippen LogP) is 2.87. The van der Waals surface area contributed by atoms with Gasteiger partial charge in [0.2, 0.25) is 0 Å². The van der Waals surface area contributed by atoms with Crippen molar-refractivity contribution < 1.29 is 0 Å². The van der Waals surface area contributed by atoms with Crippen molar-refractivity contribution in [1.29, 1.82) is 5.26 Å². The first-order chi connectivity index (χ1) is 8.77. The summed E-state index contributed by atoms with van der Waals surface area (Å²) in [5.74, 6) is 1.93. The number of aromatic nitrogens is 1. The van der Waals surface area contributed by atoms with E-state index in [4.69, 9.17) is 11.0 Å². The number of nitriles is 1. The third-order valence-corrected chi connectivity index (χ3v) is 3.31. The molecule has 18 heavy (non-hydrogen) atoms. The Morgan fingerprint density at radius 2 is 2.17 bits per heavy atom. The number of nitrogens with zero attached hydrogens (tertiary/aromatic N) is 2. The third kappa shape index (κ3) is 5.28. The minimum absolute atomic E-state index is 0.495. The van der Waals surface area contributed by atoms with E-state index in [1.165, 1.54) is 31.2 Å². The second-order valence-electron chi connectivity index (χ2n) is 4.11. The van der Waals surface area contributed by atoms with E-state index >= 15 is 0 Å². The molecule has 5 heteroatoms. The number of thioether (sulfide) groups is 1. The highest BCUT2D eigenvalue weighted by Crippen LogP contribution is 2.16. The topological polar surface area (TPSA) is 74.7 Å². The zero-order valence-electron chi connectivity index (χ0n) is 10.8. The van der Waals surface area contributed by atoms with Crippen molar-refractivity contribution in [2.45, 2.75) is 25.7 Å². The molecule has 0 unspecified atom stereocenters. The summed E-state index contributed by atoms with van der Waals surface area (Å²) in [5.41, 5.74) is 6.83. The second-order valence-corrected chi connectivity index (χ2v) is 5.09. The van der Waals surface area contributed by atoms with Gasteiger partial charge < -0.3 is 11.1 Å². The van der Waals surface area contributed by atoms with Gasteiger partial charge in [0.1, 0.15) is 11.9 Å². The van der Waals surface area contributed by atoms with Crippen LogP contribution in [0.1, 0.15) is 31.2 Å². The number of nitrogens with one attached hydrogen (secondary N) is 1. The predicted molar refractivity (Wildman–Crippen MR) is 78.7 cm³/mol. The number of nitrogens with two attached hydrogens (primary N) is 1. The average molecular weight is 264 g/mol. The SMILES string of the molecule is CSCCCCCCNc1ncc(C#N)cc1N. The van der Waals surface area contributed by atoms with Gasteiger partial charge in [-0.3, -0.25) is 0 Å². The van der Waals surface area contributed by atoms with E-state index in [0.29, 0.717) is 17.1 Å². The highest BCUT2D eigenvalue weighted by atomic mass is 32.2. The first-order valence-corrected chi connectivity index (χ1v) is 7.55. The van der Waals surface area contributed by atoms with Gasteiger partial charge in [-0.15, -0.1) is 0 Å². The number of hydrogen-bond acceptors (Lipinski definition) is 5. The number of unbranched alkanes of at least 4 members (excludes halogenated alkanes) is 3. The molecular weight excluding hydrogens is 244 g/mol. The number of pyridine rings is 1. The molecule has 0 saturated heterocycles. The largest absolute Gasteiger partial charge is 0.396 e. The van der Waals surface area contributed by atoms with Gasteiger partial charge in [0, 0.05) is 12.7 Å². The molecule has 0 spiro atoms. The maximum absolute atomic E-state index is 8.70. The fourth-order valence-corrected chi connectivity index (χ4v) is 2.12. The molecule has 1 rings (SSSR count). The smallest absolute Gasteiger partial charge is 0.149 e. The summed E-state index contributed by atoms with van der Waals surface area (Å²) >= 11 is 1.90. The van der Waals surface area contributed by atoms with Crippen molar-refractivity contribution >= 4 is 23.3 Å². The zero-order valence-corrected chi connectivity index (χ0v) is 11.6. The molecule has 0 aliphatic carbocycles. The maximum Gasteiger partial charge on any atom is 0.149 e. The lowest BCUT2D eigenvalue weighted by atomic mass is 10.2. The normalized spacial score (nSPS) is 10.0. The van der Waals surface area contributed by atoms with Crippen LogP contribution in [0.25, 0.3) is 0 Å². The van der Waals surface area contributed by atoms with Gasteiger partial charge in [-0.2, -0.15) is 17.0 Å². The molecule has 1 aromatic heterocycles. The van der Waals surface area contributed by atoms with Crippen LogP contribution in [-0.2, 0) is 0 Å². The van der Waals surface area contributed by atoms with E-state index in [1.807, 2.05) is 17.8 Å². The van der Waals surface area contributed by atoms with Gasteiger partial charge in [-0.1, -0.05) is 12.8 Å². The maximum atomic E-state index is 8.70. The summed E-state index contributed by atoms with van der Waals surface area (Å²) in [6, 6.07) is 3.67. The van der Waals surface area contributed by atoms with Gasteiger partial charge in [-0.25, -0.2) is 4.98 Å². The van der Waals surface area contributed by atoms with Crippen molar-refractivity contribution in [2.24, 2.45) is 0 Å². The molecule has 0 amide bonds. The molecule has 3 N–H and O–H groups in total. The third-order valence-electron chi connectivity index (χ3n) is 2.61. The van der Waals surface area contributed by atoms with Crippen molar-refractivity contribution in [2.75, 3.05) is 29.6 Å². The van der Waals surface area contributed by atoms with E-state index in [2.05, 4.69) is 16.6 Å². The Morgan fingerprint density at radius 3 is 2.83 bits per heavy atom. The molecule has 0 fully saturated rings. The number of nitrogen functional groups attached to an aromatic ring is 1. The Labute approximate surface area is 113 Å². The molecule has 98 valence electrons. The summed E-state index contributed by atoms with van der Waals surface area (Å²) in [4.78, 5) is 4.13. The Morgan fingerprint density at radius 1 is 1.39 bits per heavy atom. The van der Waals surface area contributed by atoms with Crippen LogP contribution in [0.15, 0.2) is 12.3 Å². The lowest BCUT2D eigenvalue weighted by Gasteiger charge is -2.08. The van der Waals surface area contributed by atoms with Crippen LogP contribution < -0.4 is 11.1 Å². The molecule has 0 atom stereocenters. The monoisotopic (exact) mass is 264 g/mol. The second kappa shape index (κ2) is 8.65. The van der Waals surface area contributed by atoms with Gasteiger partial charge >= 0.3 is 0 Å². The van der Waals surface area contributed by atoms with Gasteiger partial charge in [0.15, 0.2) is 0 Å². The summed E-state index contributed by atoms with van der Waals surface area (Å²) in [5, 5.41) is 11.9. The van der Waals surface area contributed by atoms with Crippen LogP contribution in [0.3, 0.4) is 0 Å². The number of anilines is 2. The van der Waals surface area contributed by atoms with Crippen LogP contribution >= 0.6 is 11.8 Å². The van der Waals surface area contributed by atoms with Crippen LogP contribution in [0, 0.1) is 11.3 Å². The van der Waals surface area contributed by atoms with E-state index in [1.54, 1.807) is 6.07 Å². The van der Waals surface area contributed by atoms with E-state index in [9.17, 15) is 0 Å². The Bertz CT molecular complexity index is 400. The first kappa shape index (κ1) is 14.7. The first-order valence-electron chi connectivity index (χ1n) is 6.16. The van der Waals surface area contributed by atoms with Gasteiger partial charge in [-0.05, 0) is 30.9 Å². The van der Waals surface area contributed by atoms with Crippen molar-refractivity contribution in [3.8, 4) is 6.07 Å². The van der Waals surface area contributed by atoms with Crippen molar-refractivity contribution in [3.05, 3.63) is 17.8 Å². The fraction of sp³-hybridized carbons (Fsp3) is 0.538. The van der Waals surface area contributed by atoms with E-state index < -0.39 is 0 Å². The minimum atomic E-state index is 0.495. The summed E-state index contributed by atoms with van der Waals surface area (Å²) in [7, 11) is 0. The fourth-order valence-electron chi connectivity index (χ4n) is 1.62. The minimum Gasteiger partial charge on any atom is -0.396 e. The quantitative estimate of drug-likeness (QED) is 0.706. The number of hydrogen-bond donors (Lipinski definition) is 2. The van der Waals surface area contributed by atoms with Crippen LogP contribution in [0.2, 0.25) is 0 Å². The standard InChI is InChI=1S/C13H20N4S/c1-18-7-5-3-2-4-6-16-13-12(15)8-11(9-14)10-17-13/h8,10H,2-7,15H2,1H3,(H,16,17). The molecular formula is C13H20N4S. The lowest BCUT2D eigenvalue weighted by Crippen LogP contribution is -2.06. The van der Waals surface area contributed by atoms with Crippen LogP contribution in [0.4, 0.5) is 11.5 Å². The van der Waals surface area contributed by atoms with Crippen LogP contribution in [0.5, 0.6) is 0 Å². The summed E-state index contributed by atoms with van der Waals surface area (Å²) < 4.78 is 0. The van der Waals surface area contributed by atoms with E-state index in [-0.39, 0.29) is 0 Å². The molecule has 4 nitrogen and oxygen atoms in total. The van der Waals surface area contributed by atoms with Crippen LogP contribution in [-0.4, -0.2) is 23.5 Å². The Kier molecular flexibility index (Phi) is 7.04. The zero-order chi connectivity index (χ0) is 13.2. The molecule has 1 heterocycles. The Balaban J connectivity index is 2.21. The average Bonchev–Trinajstić information content (AvgIpc) is 2.39. The Hall–Kier alpha value is -1.41. The molecule has 0 bridgehead atoms. The molecule has 0 radical (unpaired) electrons. The molecule has 0 saturated carbocycles. The van der Waals surface area contributed by atoms with Crippen molar-refractivity contribution in [1.82, 2.24) is 4.98 Å². The van der Waals surface area contributed by atoms with Gasteiger partial charge in [0.25, 0.3) is 0 Å². The van der Waals surface area contributed by atoms with E-state index in [0.717, 1.165) is 13.0 Å². The molecule has 1 aromatic rings. The molecule has 0 aliphatic heterocycles. The molecule has 0 aromatic carbocycles.